The van der Waals surface area contributed by atoms with Crippen molar-refractivity contribution in [1.82, 2.24) is 0 Å². The Kier molecular flexibility index (Phi) is 4.58. The van der Waals surface area contributed by atoms with Gasteiger partial charge in [-0.2, -0.15) is 5.26 Å². The Morgan fingerprint density at radius 3 is 2.48 bits per heavy atom. The lowest BCUT2D eigenvalue weighted by molar-refractivity contribution is 0.102. The summed E-state index contributed by atoms with van der Waals surface area (Å²) in [6.45, 7) is 2.21. The van der Waals surface area contributed by atoms with Gasteiger partial charge in [-0.1, -0.05) is 6.07 Å². The minimum absolute atomic E-state index is 0.201. The van der Waals surface area contributed by atoms with Crippen LogP contribution in [0.15, 0.2) is 48.5 Å². The van der Waals surface area contributed by atoms with Crippen LogP contribution in [-0.2, 0) is 0 Å². The van der Waals surface area contributed by atoms with Crippen molar-refractivity contribution in [2.24, 2.45) is 0 Å². The molecule has 1 saturated heterocycles. The number of hydrogen-bond acceptors (Lipinski definition) is 3. The van der Waals surface area contributed by atoms with E-state index >= 15 is 0 Å². The minimum Gasteiger partial charge on any atom is -0.372 e. The standard InChI is InChI=1S/C19H19N3O/c20-14-15-5-4-6-16(13-15)19(23)21-17-7-9-18(10-8-17)22-11-2-1-3-12-22/h4-10,13H,1-3,11-12H2,(H,21,23). The summed E-state index contributed by atoms with van der Waals surface area (Å²) in [5.74, 6) is -0.201. The zero-order valence-electron chi connectivity index (χ0n) is 13.0. The maximum absolute atomic E-state index is 12.2. The van der Waals surface area contributed by atoms with Crippen LogP contribution in [0.5, 0.6) is 0 Å². The molecule has 0 spiro atoms. The number of amides is 1. The lowest BCUT2D eigenvalue weighted by Crippen LogP contribution is -2.29. The van der Waals surface area contributed by atoms with Crippen molar-refractivity contribution in [1.29, 1.82) is 5.26 Å². The van der Waals surface area contributed by atoms with Gasteiger partial charge in [-0.15, -0.1) is 0 Å². The molecule has 3 rings (SSSR count). The first-order valence-electron chi connectivity index (χ1n) is 7.93. The molecule has 2 aromatic carbocycles. The fraction of sp³-hybridized carbons (Fsp3) is 0.263. The van der Waals surface area contributed by atoms with Gasteiger partial charge in [0.25, 0.3) is 5.91 Å². The maximum atomic E-state index is 12.2. The van der Waals surface area contributed by atoms with Crippen LogP contribution in [0.2, 0.25) is 0 Å². The molecule has 1 aliphatic rings. The molecular formula is C19H19N3O. The van der Waals surface area contributed by atoms with Crippen LogP contribution in [-0.4, -0.2) is 19.0 Å². The predicted molar refractivity (Wildman–Crippen MR) is 91.6 cm³/mol. The van der Waals surface area contributed by atoms with Crippen molar-refractivity contribution in [3.63, 3.8) is 0 Å². The van der Waals surface area contributed by atoms with E-state index in [0.29, 0.717) is 11.1 Å². The van der Waals surface area contributed by atoms with Crippen LogP contribution in [0.25, 0.3) is 0 Å². The van der Waals surface area contributed by atoms with Crippen molar-refractivity contribution in [3.05, 3.63) is 59.7 Å². The Balaban J connectivity index is 1.67. The summed E-state index contributed by atoms with van der Waals surface area (Å²) in [5, 5.41) is 11.8. The topological polar surface area (TPSA) is 56.1 Å². The molecule has 2 aromatic rings. The Labute approximate surface area is 136 Å². The minimum atomic E-state index is -0.201. The van der Waals surface area contributed by atoms with E-state index in [1.165, 1.54) is 24.9 Å². The molecule has 0 radical (unpaired) electrons. The number of nitriles is 1. The van der Waals surface area contributed by atoms with E-state index in [0.717, 1.165) is 18.8 Å². The Morgan fingerprint density at radius 2 is 1.78 bits per heavy atom. The first-order valence-corrected chi connectivity index (χ1v) is 7.93. The van der Waals surface area contributed by atoms with Gasteiger partial charge in [0.1, 0.15) is 0 Å². The highest BCUT2D eigenvalue weighted by molar-refractivity contribution is 6.04. The molecule has 0 atom stereocenters. The number of piperidine rings is 1. The van der Waals surface area contributed by atoms with E-state index in [1.54, 1.807) is 24.3 Å². The molecule has 4 nitrogen and oxygen atoms in total. The molecule has 0 aromatic heterocycles. The van der Waals surface area contributed by atoms with Crippen molar-refractivity contribution in [3.8, 4) is 6.07 Å². The second-order valence-corrected chi connectivity index (χ2v) is 5.74. The van der Waals surface area contributed by atoms with Gasteiger partial charge >= 0.3 is 0 Å². The van der Waals surface area contributed by atoms with Gasteiger partial charge in [0.2, 0.25) is 0 Å². The molecule has 0 bridgehead atoms. The van der Waals surface area contributed by atoms with Crippen LogP contribution in [0.4, 0.5) is 11.4 Å². The third-order valence-corrected chi connectivity index (χ3v) is 4.10. The third-order valence-electron chi connectivity index (χ3n) is 4.10. The van der Waals surface area contributed by atoms with Crippen LogP contribution in [0, 0.1) is 11.3 Å². The average molecular weight is 305 g/mol. The van der Waals surface area contributed by atoms with E-state index in [9.17, 15) is 4.79 Å². The molecule has 1 fully saturated rings. The van der Waals surface area contributed by atoms with E-state index in [2.05, 4.69) is 10.2 Å². The second kappa shape index (κ2) is 6.97. The maximum Gasteiger partial charge on any atom is 0.255 e. The summed E-state index contributed by atoms with van der Waals surface area (Å²) in [5.41, 5.74) is 2.94. The van der Waals surface area contributed by atoms with E-state index in [4.69, 9.17) is 5.26 Å². The van der Waals surface area contributed by atoms with E-state index < -0.39 is 0 Å². The van der Waals surface area contributed by atoms with E-state index in [-0.39, 0.29) is 5.91 Å². The largest absolute Gasteiger partial charge is 0.372 e. The van der Waals surface area contributed by atoms with Gasteiger partial charge in [-0.05, 0) is 61.7 Å². The summed E-state index contributed by atoms with van der Waals surface area (Å²) in [6, 6.07) is 16.7. The molecular weight excluding hydrogens is 286 g/mol. The number of carbonyl (C=O) groups is 1. The first-order chi connectivity index (χ1) is 11.3. The number of carbonyl (C=O) groups excluding carboxylic acids is 1. The third kappa shape index (κ3) is 3.70. The number of anilines is 2. The SMILES string of the molecule is N#Cc1cccc(C(=O)Nc2ccc(N3CCCCC3)cc2)c1. The molecule has 1 heterocycles. The van der Waals surface area contributed by atoms with Crippen molar-refractivity contribution in [2.45, 2.75) is 19.3 Å². The fourth-order valence-corrected chi connectivity index (χ4v) is 2.84. The molecule has 4 heteroatoms. The predicted octanol–water partition coefficient (Wildman–Crippen LogP) is 3.80. The second-order valence-electron chi connectivity index (χ2n) is 5.74. The summed E-state index contributed by atoms with van der Waals surface area (Å²) < 4.78 is 0. The summed E-state index contributed by atoms with van der Waals surface area (Å²) in [7, 11) is 0. The number of rotatable bonds is 3. The van der Waals surface area contributed by atoms with Crippen LogP contribution in [0.1, 0.15) is 35.2 Å². The van der Waals surface area contributed by atoms with Crippen LogP contribution >= 0.6 is 0 Å². The normalized spacial score (nSPS) is 14.1. The van der Waals surface area contributed by atoms with Crippen LogP contribution in [0.3, 0.4) is 0 Å². The monoisotopic (exact) mass is 305 g/mol. The van der Waals surface area contributed by atoms with Gasteiger partial charge < -0.3 is 10.2 Å². The average Bonchev–Trinajstić information content (AvgIpc) is 2.63. The van der Waals surface area contributed by atoms with Gasteiger partial charge in [0.05, 0.1) is 11.6 Å². The highest BCUT2D eigenvalue weighted by atomic mass is 16.1. The molecule has 1 amide bonds. The number of hydrogen-bond donors (Lipinski definition) is 1. The quantitative estimate of drug-likeness (QED) is 0.938. The smallest absolute Gasteiger partial charge is 0.255 e. The van der Waals surface area contributed by atoms with E-state index in [1.807, 2.05) is 30.3 Å². The lowest BCUT2D eigenvalue weighted by atomic mass is 10.1. The molecule has 0 saturated carbocycles. The number of benzene rings is 2. The van der Waals surface area contributed by atoms with Crippen molar-refractivity contribution >= 4 is 17.3 Å². The first kappa shape index (κ1) is 15.1. The summed E-state index contributed by atoms with van der Waals surface area (Å²) in [6.07, 6.45) is 3.80. The Hall–Kier alpha value is -2.80. The molecule has 0 unspecified atom stereocenters. The fourth-order valence-electron chi connectivity index (χ4n) is 2.84. The molecule has 23 heavy (non-hydrogen) atoms. The van der Waals surface area contributed by atoms with Crippen molar-refractivity contribution in [2.75, 3.05) is 23.3 Å². The molecule has 0 aliphatic carbocycles. The summed E-state index contributed by atoms with van der Waals surface area (Å²) >= 11 is 0. The van der Waals surface area contributed by atoms with Gasteiger partial charge in [0.15, 0.2) is 0 Å². The van der Waals surface area contributed by atoms with Gasteiger partial charge in [-0.25, -0.2) is 0 Å². The lowest BCUT2D eigenvalue weighted by Gasteiger charge is -2.28. The van der Waals surface area contributed by atoms with Gasteiger partial charge in [-0.3, -0.25) is 4.79 Å². The number of nitrogens with zero attached hydrogens (tertiary/aromatic N) is 2. The zero-order valence-corrected chi connectivity index (χ0v) is 13.0. The van der Waals surface area contributed by atoms with Gasteiger partial charge in [0, 0.05) is 30.0 Å². The Morgan fingerprint density at radius 1 is 1.04 bits per heavy atom. The summed E-state index contributed by atoms with van der Waals surface area (Å²) in [4.78, 5) is 14.6. The Bertz CT molecular complexity index is 725. The van der Waals surface area contributed by atoms with Crippen molar-refractivity contribution < 1.29 is 4.79 Å². The number of nitrogens with one attached hydrogen (secondary N) is 1. The highest BCUT2D eigenvalue weighted by Gasteiger charge is 2.11. The zero-order chi connectivity index (χ0) is 16.1. The molecule has 1 aliphatic heterocycles. The molecule has 116 valence electrons. The van der Waals surface area contributed by atoms with Crippen LogP contribution < -0.4 is 10.2 Å². The highest BCUT2D eigenvalue weighted by Crippen LogP contribution is 2.22. The molecule has 1 N–H and O–H groups in total.